The zero-order valence-electron chi connectivity index (χ0n) is 20.9. The number of rotatable bonds is 12. The molecule has 3 rings (SSSR count). The second-order valence-electron chi connectivity index (χ2n) is 8.53. The smallest absolute Gasteiger partial charge is 0.300 e. The van der Waals surface area contributed by atoms with E-state index in [0.717, 1.165) is 17.9 Å². The summed E-state index contributed by atoms with van der Waals surface area (Å²) < 4.78 is 18.2. The van der Waals surface area contributed by atoms with Gasteiger partial charge in [0.1, 0.15) is 23.8 Å². The molecule has 0 bridgehead atoms. The minimum absolute atomic E-state index is 0.229. The van der Waals surface area contributed by atoms with Crippen LogP contribution in [-0.2, 0) is 0 Å². The van der Waals surface area contributed by atoms with Gasteiger partial charge in [0.25, 0.3) is 5.56 Å². The Labute approximate surface area is 200 Å². The number of ether oxygens (including phenoxy) is 3. The fourth-order valence-electron chi connectivity index (χ4n) is 3.47. The molecule has 1 aromatic carbocycles. The van der Waals surface area contributed by atoms with E-state index in [1.165, 1.54) is 10.6 Å². The summed E-state index contributed by atoms with van der Waals surface area (Å²) >= 11 is 0. The molecular weight excluding hydrogens is 434 g/mol. The average Bonchev–Trinajstić information content (AvgIpc) is 2.82. The summed E-state index contributed by atoms with van der Waals surface area (Å²) in [7, 11) is 7.17. The quantitative estimate of drug-likeness (QED) is 0.434. The number of hydrogen-bond donors (Lipinski definition) is 1. The van der Waals surface area contributed by atoms with Crippen LogP contribution in [0.15, 0.2) is 47.5 Å². The monoisotopic (exact) mass is 469 g/mol. The number of fused-ring (bicyclic) bond motifs is 1. The van der Waals surface area contributed by atoms with Crippen LogP contribution in [0.5, 0.6) is 17.2 Å². The third-order valence-electron chi connectivity index (χ3n) is 5.30. The van der Waals surface area contributed by atoms with E-state index < -0.39 is 0 Å². The second-order valence-corrected chi connectivity index (χ2v) is 8.53. The Hall–Kier alpha value is -3.30. The molecule has 0 spiro atoms. The predicted octanol–water partition coefficient (Wildman–Crippen LogP) is 2.79. The van der Waals surface area contributed by atoms with Crippen LogP contribution in [0.2, 0.25) is 0 Å². The first-order valence-electron chi connectivity index (χ1n) is 11.3. The Balaban J connectivity index is 2.02. The van der Waals surface area contributed by atoms with Gasteiger partial charge in [-0.1, -0.05) is 13.8 Å². The molecule has 9 nitrogen and oxygen atoms in total. The van der Waals surface area contributed by atoms with Crippen LogP contribution >= 0.6 is 0 Å². The van der Waals surface area contributed by atoms with Crippen LogP contribution in [-0.4, -0.2) is 74.9 Å². The molecule has 0 radical (unpaired) electrons. The maximum absolute atomic E-state index is 13.1. The summed E-state index contributed by atoms with van der Waals surface area (Å²) in [6.45, 7) is 6.75. The van der Waals surface area contributed by atoms with Gasteiger partial charge in [0.15, 0.2) is 0 Å². The highest BCUT2D eigenvalue weighted by Crippen LogP contribution is 2.32. The van der Waals surface area contributed by atoms with E-state index in [1.807, 2.05) is 49.3 Å². The molecule has 9 heteroatoms. The van der Waals surface area contributed by atoms with Crippen molar-refractivity contribution < 1.29 is 14.2 Å². The van der Waals surface area contributed by atoms with Gasteiger partial charge in [0.2, 0.25) is 5.75 Å². The third-order valence-corrected chi connectivity index (χ3v) is 5.30. The largest absolute Gasteiger partial charge is 0.497 e. The molecule has 0 aliphatic carbocycles. The van der Waals surface area contributed by atoms with Gasteiger partial charge < -0.3 is 29.3 Å². The summed E-state index contributed by atoms with van der Waals surface area (Å²) in [5, 5.41) is 3.45. The maximum atomic E-state index is 13.1. The highest BCUT2D eigenvalue weighted by Gasteiger charge is 2.15. The third kappa shape index (κ3) is 6.39. The van der Waals surface area contributed by atoms with E-state index in [1.54, 1.807) is 20.4 Å². The van der Waals surface area contributed by atoms with E-state index in [4.69, 9.17) is 14.2 Å². The van der Waals surface area contributed by atoms with E-state index in [0.29, 0.717) is 42.9 Å². The van der Waals surface area contributed by atoms with E-state index in [2.05, 4.69) is 29.0 Å². The molecule has 3 aromatic rings. The second kappa shape index (κ2) is 11.7. The lowest BCUT2D eigenvalue weighted by molar-refractivity contribution is 0.257. The number of likely N-dealkylation sites (N-methyl/N-ethyl adjacent to an activating group) is 1. The van der Waals surface area contributed by atoms with Crippen molar-refractivity contribution in [3.05, 3.63) is 53.1 Å². The molecule has 0 fully saturated rings. The van der Waals surface area contributed by atoms with Gasteiger partial charge in [-0.15, -0.1) is 0 Å². The van der Waals surface area contributed by atoms with Crippen molar-refractivity contribution in [1.29, 1.82) is 0 Å². The normalized spacial score (nSPS) is 11.3. The van der Waals surface area contributed by atoms with Gasteiger partial charge >= 0.3 is 0 Å². The van der Waals surface area contributed by atoms with Gasteiger partial charge in [0, 0.05) is 55.8 Å². The molecule has 1 N–H and O–H groups in total. The first kappa shape index (κ1) is 25.3. The Morgan fingerprint density at radius 3 is 2.35 bits per heavy atom. The van der Waals surface area contributed by atoms with Crippen LogP contribution in [0.1, 0.15) is 13.8 Å². The SMILES string of the molecule is COc1cc(OC)cc(N(CCNC(C)C)c2ccc3ncc(OCCN(C)C)c(=O)n3c2)c1. The van der Waals surface area contributed by atoms with Crippen LogP contribution in [0.4, 0.5) is 11.4 Å². The molecular formula is C25H35N5O4. The van der Waals surface area contributed by atoms with E-state index >= 15 is 0 Å². The zero-order chi connectivity index (χ0) is 24.7. The molecule has 184 valence electrons. The lowest BCUT2D eigenvalue weighted by Crippen LogP contribution is -2.33. The summed E-state index contributed by atoms with van der Waals surface area (Å²) in [6.07, 6.45) is 3.29. The van der Waals surface area contributed by atoms with Gasteiger partial charge in [-0.25, -0.2) is 4.98 Å². The minimum atomic E-state index is -0.242. The minimum Gasteiger partial charge on any atom is -0.497 e. The molecule has 2 heterocycles. The lowest BCUT2D eigenvalue weighted by Gasteiger charge is -2.27. The number of methoxy groups -OCH3 is 2. The highest BCUT2D eigenvalue weighted by atomic mass is 16.5. The van der Waals surface area contributed by atoms with Crippen molar-refractivity contribution in [2.75, 3.05) is 59.5 Å². The molecule has 0 saturated heterocycles. The standard InChI is InChI=1S/C25H35N5O4/c1-18(2)26-9-10-29(20-13-21(32-5)15-22(14-20)33-6)19-7-8-24-27-16-23(25(31)30(24)17-19)34-12-11-28(3)4/h7-8,13-18,26H,9-12H2,1-6H3. The molecule has 0 amide bonds. The van der Waals surface area contributed by atoms with Crippen LogP contribution in [0.25, 0.3) is 5.65 Å². The first-order chi connectivity index (χ1) is 16.3. The number of aromatic nitrogens is 2. The molecule has 34 heavy (non-hydrogen) atoms. The Morgan fingerprint density at radius 1 is 1.03 bits per heavy atom. The summed E-state index contributed by atoms with van der Waals surface area (Å²) in [5.74, 6) is 1.60. The lowest BCUT2D eigenvalue weighted by atomic mass is 10.2. The van der Waals surface area contributed by atoms with Gasteiger partial charge in [0.05, 0.1) is 26.1 Å². The van der Waals surface area contributed by atoms with Crippen LogP contribution in [0.3, 0.4) is 0 Å². The fourth-order valence-corrected chi connectivity index (χ4v) is 3.47. The summed E-state index contributed by atoms with van der Waals surface area (Å²) in [6, 6.07) is 9.87. The van der Waals surface area contributed by atoms with Crippen LogP contribution in [0, 0.1) is 0 Å². The van der Waals surface area contributed by atoms with Crippen LogP contribution < -0.4 is 30.0 Å². The molecule has 0 saturated carbocycles. The number of anilines is 2. The Morgan fingerprint density at radius 2 is 1.74 bits per heavy atom. The van der Waals surface area contributed by atoms with Gasteiger partial charge in [-0.2, -0.15) is 0 Å². The number of nitrogens with one attached hydrogen (secondary N) is 1. The highest BCUT2D eigenvalue weighted by molar-refractivity contribution is 5.67. The van der Waals surface area contributed by atoms with Crippen molar-refractivity contribution >= 4 is 17.0 Å². The predicted molar refractivity (Wildman–Crippen MR) is 135 cm³/mol. The van der Waals surface area contributed by atoms with Crippen molar-refractivity contribution in [2.45, 2.75) is 19.9 Å². The number of benzene rings is 1. The topological polar surface area (TPSA) is 80.6 Å². The Kier molecular flexibility index (Phi) is 8.72. The molecule has 0 aliphatic rings. The number of hydrogen-bond acceptors (Lipinski definition) is 8. The van der Waals surface area contributed by atoms with Crippen molar-refractivity contribution in [3.8, 4) is 17.2 Å². The van der Waals surface area contributed by atoms with Crippen molar-refractivity contribution in [2.24, 2.45) is 0 Å². The van der Waals surface area contributed by atoms with Crippen molar-refractivity contribution in [3.63, 3.8) is 0 Å². The summed E-state index contributed by atoms with van der Waals surface area (Å²) in [4.78, 5) is 21.7. The zero-order valence-corrected chi connectivity index (χ0v) is 20.9. The van der Waals surface area contributed by atoms with E-state index in [-0.39, 0.29) is 11.3 Å². The number of pyridine rings is 1. The van der Waals surface area contributed by atoms with Gasteiger partial charge in [-0.05, 0) is 26.2 Å². The molecule has 2 aromatic heterocycles. The average molecular weight is 470 g/mol. The maximum Gasteiger partial charge on any atom is 0.300 e. The molecule has 0 unspecified atom stereocenters. The van der Waals surface area contributed by atoms with E-state index in [9.17, 15) is 4.79 Å². The molecule has 0 atom stereocenters. The molecule has 0 aliphatic heterocycles. The Bertz CT molecular complexity index is 1120. The van der Waals surface area contributed by atoms with Crippen molar-refractivity contribution in [1.82, 2.24) is 19.6 Å². The first-order valence-corrected chi connectivity index (χ1v) is 11.3. The number of nitrogens with zero attached hydrogens (tertiary/aromatic N) is 4. The van der Waals surface area contributed by atoms with Gasteiger partial charge in [-0.3, -0.25) is 9.20 Å². The fraction of sp³-hybridized carbons (Fsp3) is 0.440. The summed E-state index contributed by atoms with van der Waals surface area (Å²) in [5.41, 5.74) is 2.04.